The molecule has 4 heteroatoms. The number of nitrogens with zero attached hydrogens (tertiary/aromatic N) is 2. The van der Waals surface area contributed by atoms with E-state index in [1.54, 1.807) is 12.1 Å². The molecule has 0 N–H and O–H groups in total. The largest absolute Gasteiger partial charge is 0.493 e. The highest BCUT2D eigenvalue weighted by Gasteiger charge is 2.16. The predicted octanol–water partition coefficient (Wildman–Crippen LogP) is 3.75. The normalized spacial score (nSPS) is 9.56. The molecule has 0 unspecified atom stereocenters. The number of diazo groups is 1. The topological polar surface area (TPSA) is 46.6 Å². The lowest BCUT2D eigenvalue weighted by molar-refractivity contribution is 0.310. The summed E-state index contributed by atoms with van der Waals surface area (Å²) in [4.78, 5) is 3.19. The van der Waals surface area contributed by atoms with Gasteiger partial charge in [-0.05, 0) is 25.0 Å². The van der Waals surface area contributed by atoms with E-state index in [2.05, 4.69) is 4.98 Å². The van der Waals surface area contributed by atoms with Gasteiger partial charge < -0.3 is 9.47 Å². The Kier molecular flexibility index (Phi) is 5.13. The maximum absolute atomic E-state index is 8.86. The van der Waals surface area contributed by atoms with Crippen LogP contribution in [-0.2, 0) is 0 Å². The summed E-state index contributed by atoms with van der Waals surface area (Å²) in [5.74, 6) is 1.27. The predicted molar refractivity (Wildman–Crippen MR) is 62.8 cm³/mol. The summed E-state index contributed by atoms with van der Waals surface area (Å²) in [7, 11) is 0. The van der Waals surface area contributed by atoms with Crippen molar-refractivity contribution in [2.24, 2.45) is 0 Å². The van der Waals surface area contributed by atoms with Gasteiger partial charge >= 0.3 is 5.69 Å². The Hall–Kier alpha value is -1.76. The molecule has 86 valence electrons. The molecule has 0 heterocycles. The van der Waals surface area contributed by atoms with Crippen LogP contribution in [0.1, 0.15) is 26.7 Å². The van der Waals surface area contributed by atoms with E-state index < -0.39 is 0 Å². The average Bonchev–Trinajstić information content (AvgIpc) is 2.34. The zero-order valence-electron chi connectivity index (χ0n) is 9.77. The van der Waals surface area contributed by atoms with Gasteiger partial charge in [0.05, 0.1) is 19.3 Å². The van der Waals surface area contributed by atoms with E-state index in [0.717, 1.165) is 12.8 Å². The minimum atomic E-state index is 0.405. The second-order valence-electron chi connectivity index (χ2n) is 3.43. The summed E-state index contributed by atoms with van der Waals surface area (Å²) in [6.45, 7) is 5.32. The maximum atomic E-state index is 8.86. The van der Waals surface area contributed by atoms with Crippen LogP contribution in [0.15, 0.2) is 18.2 Å². The molecule has 0 spiro atoms. The van der Waals surface area contributed by atoms with Crippen LogP contribution < -0.4 is 9.47 Å². The Morgan fingerprint density at radius 1 is 1.12 bits per heavy atom. The molecule has 1 rings (SSSR count). The Labute approximate surface area is 95.8 Å². The molecule has 1 aromatic rings. The first-order valence-electron chi connectivity index (χ1n) is 5.56. The molecule has 0 aliphatic carbocycles. The fraction of sp³-hybridized carbons (Fsp3) is 0.500. The van der Waals surface area contributed by atoms with Crippen LogP contribution in [-0.4, -0.2) is 13.2 Å². The standard InChI is InChI=1S/C12H17N2O2/c1-3-7-15-10-5-6-12(16-8-4-2)11(9-10)14-13/h5-6,9H,3-4,7-8H2,1-2H3/q+1. The van der Waals surface area contributed by atoms with Crippen LogP contribution in [0, 0.1) is 5.39 Å². The minimum absolute atomic E-state index is 0.405. The zero-order valence-corrected chi connectivity index (χ0v) is 9.77. The highest BCUT2D eigenvalue weighted by atomic mass is 16.5. The SMILES string of the molecule is CCCOc1ccc(OCCC)c([N+]#N)c1. The van der Waals surface area contributed by atoms with E-state index in [1.807, 2.05) is 19.9 Å². The third-order valence-corrected chi connectivity index (χ3v) is 1.97. The smallest absolute Gasteiger partial charge is 0.429 e. The van der Waals surface area contributed by atoms with Gasteiger partial charge in [0.2, 0.25) is 11.1 Å². The van der Waals surface area contributed by atoms with Crippen molar-refractivity contribution in [1.29, 1.82) is 5.39 Å². The lowest BCUT2D eigenvalue weighted by Crippen LogP contribution is -1.97. The molecule has 0 saturated heterocycles. The molecule has 0 bridgehead atoms. The van der Waals surface area contributed by atoms with E-state index in [1.165, 1.54) is 0 Å². The molecule has 0 radical (unpaired) electrons. The van der Waals surface area contributed by atoms with Gasteiger partial charge in [0.25, 0.3) is 0 Å². The summed E-state index contributed by atoms with van der Waals surface area (Å²) in [6, 6.07) is 5.24. The molecular weight excluding hydrogens is 204 g/mol. The minimum Gasteiger partial charge on any atom is -0.493 e. The molecule has 4 nitrogen and oxygen atoms in total. The number of ether oxygens (including phenoxy) is 2. The van der Waals surface area contributed by atoms with Gasteiger partial charge in [-0.3, -0.25) is 0 Å². The van der Waals surface area contributed by atoms with Crippen molar-refractivity contribution < 1.29 is 9.47 Å². The number of hydrogen-bond donors (Lipinski definition) is 0. The Balaban J connectivity index is 2.77. The number of benzene rings is 1. The highest BCUT2D eigenvalue weighted by Crippen LogP contribution is 2.31. The van der Waals surface area contributed by atoms with Crippen molar-refractivity contribution >= 4 is 5.69 Å². The molecule has 0 aromatic heterocycles. The van der Waals surface area contributed by atoms with Crippen molar-refractivity contribution in [3.63, 3.8) is 0 Å². The number of rotatable bonds is 6. The third-order valence-electron chi connectivity index (χ3n) is 1.97. The summed E-state index contributed by atoms with van der Waals surface area (Å²) >= 11 is 0. The Morgan fingerprint density at radius 2 is 1.81 bits per heavy atom. The monoisotopic (exact) mass is 221 g/mol. The summed E-state index contributed by atoms with van der Waals surface area (Å²) in [6.07, 6.45) is 1.86. The van der Waals surface area contributed by atoms with Gasteiger partial charge in [0.1, 0.15) is 5.75 Å². The first kappa shape index (κ1) is 12.3. The van der Waals surface area contributed by atoms with Gasteiger partial charge in [-0.2, -0.15) is 0 Å². The molecule has 0 aliphatic rings. The first-order valence-corrected chi connectivity index (χ1v) is 5.56. The van der Waals surface area contributed by atoms with Gasteiger partial charge in [0.15, 0.2) is 4.98 Å². The van der Waals surface area contributed by atoms with Crippen molar-refractivity contribution in [3.05, 3.63) is 23.2 Å². The van der Waals surface area contributed by atoms with Gasteiger partial charge in [0, 0.05) is 0 Å². The van der Waals surface area contributed by atoms with Crippen molar-refractivity contribution in [2.45, 2.75) is 26.7 Å². The number of hydrogen-bond acceptors (Lipinski definition) is 3. The quantitative estimate of drug-likeness (QED) is 0.687. The second-order valence-corrected chi connectivity index (χ2v) is 3.43. The molecule has 0 saturated carbocycles. The van der Waals surface area contributed by atoms with Crippen molar-refractivity contribution in [3.8, 4) is 11.5 Å². The van der Waals surface area contributed by atoms with Crippen LogP contribution >= 0.6 is 0 Å². The average molecular weight is 221 g/mol. The van der Waals surface area contributed by atoms with Gasteiger partial charge in [-0.25, -0.2) is 0 Å². The fourth-order valence-electron chi connectivity index (χ4n) is 1.22. The maximum Gasteiger partial charge on any atom is 0.429 e. The fourth-order valence-corrected chi connectivity index (χ4v) is 1.22. The van der Waals surface area contributed by atoms with Crippen molar-refractivity contribution in [1.82, 2.24) is 0 Å². The molecule has 0 atom stereocenters. The van der Waals surface area contributed by atoms with Gasteiger partial charge in [-0.15, -0.1) is 0 Å². The lowest BCUT2D eigenvalue weighted by Gasteiger charge is -2.05. The molecular formula is C12H17N2O2+. The highest BCUT2D eigenvalue weighted by molar-refractivity contribution is 5.60. The van der Waals surface area contributed by atoms with Crippen LogP contribution in [0.2, 0.25) is 0 Å². The van der Waals surface area contributed by atoms with E-state index in [9.17, 15) is 0 Å². The molecule has 0 amide bonds. The van der Waals surface area contributed by atoms with E-state index in [4.69, 9.17) is 14.9 Å². The van der Waals surface area contributed by atoms with E-state index in [0.29, 0.717) is 30.4 Å². The van der Waals surface area contributed by atoms with Gasteiger partial charge in [-0.1, -0.05) is 13.8 Å². The Bertz CT molecular complexity index is 372. The summed E-state index contributed by atoms with van der Waals surface area (Å²) < 4.78 is 10.9. The van der Waals surface area contributed by atoms with Crippen LogP contribution in [0.4, 0.5) is 5.69 Å². The van der Waals surface area contributed by atoms with Crippen molar-refractivity contribution in [2.75, 3.05) is 13.2 Å². The molecule has 0 fully saturated rings. The van der Waals surface area contributed by atoms with Crippen LogP contribution in [0.5, 0.6) is 11.5 Å². The molecule has 16 heavy (non-hydrogen) atoms. The third kappa shape index (κ3) is 3.43. The summed E-state index contributed by atoms with van der Waals surface area (Å²) in [5, 5.41) is 8.86. The van der Waals surface area contributed by atoms with E-state index >= 15 is 0 Å². The zero-order chi connectivity index (χ0) is 11.8. The van der Waals surface area contributed by atoms with Crippen LogP contribution in [0.3, 0.4) is 0 Å². The molecule has 0 aliphatic heterocycles. The van der Waals surface area contributed by atoms with E-state index in [-0.39, 0.29) is 0 Å². The second kappa shape index (κ2) is 6.67. The lowest BCUT2D eigenvalue weighted by atomic mass is 10.3. The van der Waals surface area contributed by atoms with Crippen LogP contribution in [0.25, 0.3) is 4.98 Å². The Morgan fingerprint density at radius 3 is 2.44 bits per heavy atom. The molecule has 1 aromatic carbocycles. The summed E-state index contributed by atoms with van der Waals surface area (Å²) in [5.41, 5.74) is 0.405. The first-order chi connectivity index (χ1) is 7.81.